The maximum atomic E-state index is 13.8. The molecular formula is C27H29FN6O. The summed E-state index contributed by atoms with van der Waals surface area (Å²) in [6.07, 6.45) is 4.88. The highest BCUT2D eigenvalue weighted by Crippen LogP contribution is 2.30. The number of rotatable bonds is 9. The number of hydrogen-bond acceptors (Lipinski definition) is 5. The molecule has 0 aliphatic rings. The van der Waals surface area contributed by atoms with Crippen LogP contribution in [0.2, 0.25) is 0 Å². The van der Waals surface area contributed by atoms with Gasteiger partial charge in [0, 0.05) is 31.4 Å². The van der Waals surface area contributed by atoms with Gasteiger partial charge in [-0.25, -0.2) is 9.37 Å². The summed E-state index contributed by atoms with van der Waals surface area (Å²) in [5, 5.41) is 6.22. The van der Waals surface area contributed by atoms with Crippen LogP contribution in [0.1, 0.15) is 0 Å². The fourth-order valence-electron chi connectivity index (χ4n) is 3.80. The normalized spacial score (nSPS) is 11.0. The van der Waals surface area contributed by atoms with Crippen LogP contribution in [0.15, 0.2) is 79.6 Å². The van der Waals surface area contributed by atoms with Gasteiger partial charge in [0.1, 0.15) is 11.6 Å². The third kappa shape index (κ3) is 5.67. The second-order valence-electron chi connectivity index (χ2n) is 8.57. The van der Waals surface area contributed by atoms with Gasteiger partial charge in [-0.05, 0) is 62.6 Å². The first-order valence-electron chi connectivity index (χ1n) is 11.3. The molecular weight excluding hydrogens is 443 g/mol. The summed E-state index contributed by atoms with van der Waals surface area (Å²) in [6.45, 7) is 5.23. The highest BCUT2D eigenvalue weighted by Gasteiger charge is 2.12. The quantitative estimate of drug-likeness (QED) is 0.336. The Labute approximate surface area is 204 Å². The average Bonchev–Trinajstić information content (AvgIpc) is 3.26. The van der Waals surface area contributed by atoms with Gasteiger partial charge in [-0.1, -0.05) is 18.7 Å². The van der Waals surface area contributed by atoms with Crippen LogP contribution in [0.4, 0.5) is 27.3 Å². The Morgan fingerprint density at radius 1 is 1.11 bits per heavy atom. The van der Waals surface area contributed by atoms with Crippen molar-refractivity contribution >= 4 is 34.3 Å². The second-order valence-corrected chi connectivity index (χ2v) is 8.57. The summed E-state index contributed by atoms with van der Waals surface area (Å²) in [4.78, 5) is 20.8. The van der Waals surface area contributed by atoms with Gasteiger partial charge in [0.2, 0.25) is 5.91 Å². The van der Waals surface area contributed by atoms with E-state index in [1.54, 1.807) is 12.3 Å². The lowest BCUT2D eigenvalue weighted by Gasteiger charge is -2.24. The molecule has 0 saturated carbocycles. The van der Waals surface area contributed by atoms with Gasteiger partial charge in [0.25, 0.3) is 0 Å². The lowest BCUT2D eigenvalue weighted by atomic mass is 10.1. The van der Waals surface area contributed by atoms with E-state index in [2.05, 4.69) is 32.0 Å². The van der Waals surface area contributed by atoms with Crippen molar-refractivity contribution in [1.82, 2.24) is 14.3 Å². The molecule has 1 amide bonds. The molecule has 35 heavy (non-hydrogen) atoms. The molecule has 0 aliphatic carbocycles. The average molecular weight is 473 g/mol. The van der Waals surface area contributed by atoms with Gasteiger partial charge in [0.15, 0.2) is 0 Å². The number of anilines is 4. The van der Waals surface area contributed by atoms with Crippen LogP contribution >= 0.6 is 0 Å². The number of carbonyl (C=O) groups excluding carboxylic acids is 1. The van der Waals surface area contributed by atoms with Crippen molar-refractivity contribution in [3.8, 4) is 11.3 Å². The Balaban J connectivity index is 1.64. The number of halogens is 1. The van der Waals surface area contributed by atoms with Crippen molar-refractivity contribution in [2.45, 2.75) is 0 Å². The van der Waals surface area contributed by atoms with E-state index >= 15 is 0 Å². The molecule has 4 aromatic rings. The number of amides is 1. The van der Waals surface area contributed by atoms with Gasteiger partial charge in [0.05, 0.1) is 35.0 Å². The molecule has 8 heteroatoms. The van der Waals surface area contributed by atoms with Crippen LogP contribution in [-0.4, -0.2) is 54.4 Å². The molecule has 0 spiro atoms. The zero-order valence-electron chi connectivity index (χ0n) is 20.1. The Hall–Kier alpha value is -4.17. The minimum absolute atomic E-state index is 0.281. The SMILES string of the molecule is C=CC(=O)Nc1cc(Nc2cn3c(-c4cccc(F)c4)ccc3cn2)ccc1N(C)CCN(C)C. The van der Waals surface area contributed by atoms with Crippen LogP contribution in [0.5, 0.6) is 0 Å². The third-order valence-corrected chi connectivity index (χ3v) is 5.66. The standard InChI is InChI=1S/C27H29FN6O/c1-5-27(35)31-23-16-21(9-11-25(23)33(4)14-13-32(2)3)30-26-18-34-22(17-29-26)10-12-24(34)19-7-6-8-20(28)15-19/h5-12,15-18,30H,1,13-14H2,2-4H3,(H,31,35). The topological polar surface area (TPSA) is 64.9 Å². The van der Waals surface area contributed by atoms with E-state index in [4.69, 9.17) is 0 Å². The molecule has 0 saturated heterocycles. The Morgan fingerprint density at radius 2 is 1.94 bits per heavy atom. The first-order valence-corrected chi connectivity index (χ1v) is 11.3. The van der Waals surface area contributed by atoms with Crippen LogP contribution in [0.3, 0.4) is 0 Å². The first kappa shape index (κ1) is 24.0. The number of benzene rings is 2. The van der Waals surface area contributed by atoms with E-state index in [-0.39, 0.29) is 11.7 Å². The summed E-state index contributed by atoms with van der Waals surface area (Å²) in [6, 6.07) is 16.2. The molecule has 2 aromatic heterocycles. The number of hydrogen-bond donors (Lipinski definition) is 2. The molecule has 180 valence electrons. The lowest BCUT2D eigenvalue weighted by Crippen LogP contribution is -2.29. The summed E-state index contributed by atoms with van der Waals surface area (Å²) in [5.41, 5.74) is 4.87. The molecule has 2 N–H and O–H groups in total. The molecule has 0 atom stereocenters. The first-order chi connectivity index (χ1) is 16.8. The Bertz CT molecular complexity index is 1360. The Morgan fingerprint density at radius 3 is 2.69 bits per heavy atom. The maximum absolute atomic E-state index is 13.8. The van der Waals surface area contributed by atoms with E-state index in [0.29, 0.717) is 11.5 Å². The molecule has 2 heterocycles. The molecule has 7 nitrogen and oxygen atoms in total. The van der Waals surface area contributed by atoms with E-state index in [1.165, 1.54) is 18.2 Å². The number of fused-ring (bicyclic) bond motifs is 1. The molecule has 0 fully saturated rings. The molecule has 0 radical (unpaired) electrons. The second kappa shape index (κ2) is 10.4. The van der Waals surface area contributed by atoms with Gasteiger partial charge in [-0.3, -0.25) is 4.79 Å². The lowest BCUT2D eigenvalue weighted by molar-refractivity contribution is -0.111. The minimum Gasteiger partial charge on any atom is -0.372 e. The Kier molecular flexibility index (Phi) is 7.12. The van der Waals surface area contributed by atoms with Crippen LogP contribution < -0.4 is 15.5 Å². The van der Waals surface area contributed by atoms with E-state index in [0.717, 1.165) is 41.2 Å². The van der Waals surface area contributed by atoms with Crippen molar-refractivity contribution in [3.05, 3.63) is 85.5 Å². The van der Waals surface area contributed by atoms with Gasteiger partial charge in [-0.15, -0.1) is 0 Å². The molecule has 4 rings (SSSR count). The largest absolute Gasteiger partial charge is 0.372 e. The van der Waals surface area contributed by atoms with E-state index < -0.39 is 0 Å². The fraction of sp³-hybridized carbons (Fsp3) is 0.185. The van der Waals surface area contributed by atoms with Crippen molar-refractivity contribution in [2.24, 2.45) is 0 Å². The highest BCUT2D eigenvalue weighted by molar-refractivity contribution is 6.01. The fourth-order valence-corrected chi connectivity index (χ4v) is 3.80. The number of carbonyl (C=O) groups is 1. The summed E-state index contributed by atoms with van der Waals surface area (Å²) < 4.78 is 15.7. The van der Waals surface area contributed by atoms with Crippen LogP contribution in [-0.2, 0) is 4.79 Å². The van der Waals surface area contributed by atoms with Crippen LogP contribution in [0, 0.1) is 5.82 Å². The smallest absolute Gasteiger partial charge is 0.247 e. The molecule has 0 bridgehead atoms. The van der Waals surface area contributed by atoms with Gasteiger partial charge in [-0.2, -0.15) is 0 Å². The van der Waals surface area contributed by atoms with Gasteiger partial charge < -0.3 is 24.8 Å². The zero-order valence-corrected chi connectivity index (χ0v) is 20.1. The van der Waals surface area contributed by atoms with Gasteiger partial charge >= 0.3 is 0 Å². The molecule has 2 aromatic carbocycles. The number of aromatic nitrogens is 2. The number of likely N-dealkylation sites (N-methyl/N-ethyl adjacent to an activating group) is 2. The minimum atomic E-state index is -0.283. The predicted molar refractivity (Wildman–Crippen MR) is 141 cm³/mol. The maximum Gasteiger partial charge on any atom is 0.247 e. The summed E-state index contributed by atoms with van der Waals surface area (Å²) in [7, 11) is 6.04. The third-order valence-electron chi connectivity index (χ3n) is 5.66. The zero-order chi connectivity index (χ0) is 24.9. The van der Waals surface area contributed by atoms with Crippen LogP contribution in [0.25, 0.3) is 16.8 Å². The van der Waals surface area contributed by atoms with Crippen molar-refractivity contribution < 1.29 is 9.18 Å². The number of nitrogens with zero attached hydrogens (tertiary/aromatic N) is 4. The molecule has 0 aliphatic heterocycles. The molecule has 0 unspecified atom stereocenters. The monoisotopic (exact) mass is 472 g/mol. The van der Waals surface area contributed by atoms with E-state index in [9.17, 15) is 9.18 Å². The van der Waals surface area contributed by atoms with Crippen molar-refractivity contribution in [3.63, 3.8) is 0 Å². The summed E-state index contributed by atoms with van der Waals surface area (Å²) in [5.74, 6) is 0.0479. The highest BCUT2D eigenvalue weighted by atomic mass is 19.1. The van der Waals surface area contributed by atoms with E-state index in [1.807, 2.05) is 68.1 Å². The predicted octanol–water partition coefficient (Wildman–Crippen LogP) is 5.01. The number of nitrogens with one attached hydrogen (secondary N) is 2. The van der Waals surface area contributed by atoms with Crippen molar-refractivity contribution in [1.29, 1.82) is 0 Å². The summed E-state index contributed by atoms with van der Waals surface area (Å²) >= 11 is 0. The van der Waals surface area contributed by atoms with Crippen molar-refractivity contribution in [2.75, 3.05) is 49.8 Å².